The van der Waals surface area contributed by atoms with Crippen LogP contribution in [0.4, 0.5) is 0 Å². The second-order valence-corrected chi connectivity index (χ2v) is 5.03. The molecule has 98 valence electrons. The third-order valence-electron chi connectivity index (χ3n) is 3.69. The third-order valence-corrected chi connectivity index (χ3v) is 3.69. The van der Waals surface area contributed by atoms with E-state index in [-0.39, 0.29) is 17.7 Å². The summed E-state index contributed by atoms with van der Waals surface area (Å²) in [6.45, 7) is 3.44. The number of likely N-dealkylation sites (tertiary alicyclic amines) is 1. The number of hydrogen-bond donors (Lipinski definition) is 2. The Morgan fingerprint density at radius 3 is 2.67 bits per heavy atom. The number of aromatic hydroxyl groups is 1. The van der Waals surface area contributed by atoms with Crippen LogP contribution >= 0.6 is 0 Å². The van der Waals surface area contributed by atoms with Crippen LogP contribution in [0.2, 0.25) is 0 Å². The van der Waals surface area contributed by atoms with Crippen molar-refractivity contribution in [2.75, 3.05) is 13.1 Å². The topological polar surface area (TPSA) is 66.6 Å². The highest BCUT2D eigenvalue weighted by molar-refractivity contribution is 5.94. The average Bonchev–Trinajstić information content (AvgIpc) is 2.39. The highest BCUT2D eigenvalue weighted by Gasteiger charge is 2.28. The second kappa shape index (κ2) is 5.40. The van der Waals surface area contributed by atoms with Gasteiger partial charge in [-0.15, -0.1) is 0 Å². The van der Waals surface area contributed by atoms with E-state index in [1.165, 1.54) is 0 Å². The third kappa shape index (κ3) is 2.64. The summed E-state index contributed by atoms with van der Waals surface area (Å²) in [5, 5.41) is 9.24. The lowest BCUT2D eigenvalue weighted by molar-refractivity contribution is 0.0567. The summed E-state index contributed by atoms with van der Waals surface area (Å²) in [5.41, 5.74) is 6.32. The fraction of sp³-hybridized carbons (Fsp3) is 0.500. The van der Waals surface area contributed by atoms with E-state index in [0.29, 0.717) is 18.0 Å². The van der Waals surface area contributed by atoms with Crippen LogP contribution in [0.15, 0.2) is 24.3 Å². The highest BCUT2D eigenvalue weighted by Crippen LogP contribution is 2.23. The molecule has 0 aliphatic carbocycles. The SMILES string of the molecule is CC1CCC(CN)CN1C(=O)c1ccc(O)cc1. The molecule has 18 heavy (non-hydrogen) atoms. The van der Waals surface area contributed by atoms with Crippen molar-refractivity contribution in [2.45, 2.75) is 25.8 Å². The normalized spacial score (nSPS) is 24.0. The van der Waals surface area contributed by atoms with Gasteiger partial charge in [0.25, 0.3) is 5.91 Å². The summed E-state index contributed by atoms with van der Waals surface area (Å²) in [6.07, 6.45) is 2.10. The van der Waals surface area contributed by atoms with Gasteiger partial charge in [0, 0.05) is 18.2 Å². The van der Waals surface area contributed by atoms with Gasteiger partial charge in [0.05, 0.1) is 0 Å². The van der Waals surface area contributed by atoms with Gasteiger partial charge in [-0.2, -0.15) is 0 Å². The van der Waals surface area contributed by atoms with Crippen molar-refractivity contribution in [3.63, 3.8) is 0 Å². The molecule has 0 spiro atoms. The van der Waals surface area contributed by atoms with E-state index in [0.717, 1.165) is 19.4 Å². The van der Waals surface area contributed by atoms with Crippen molar-refractivity contribution in [1.82, 2.24) is 4.90 Å². The van der Waals surface area contributed by atoms with E-state index >= 15 is 0 Å². The maximum atomic E-state index is 12.4. The maximum Gasteiger partial charge on any atom is 0.254 e. The largest absolute Gasteiger partial charge is 0.508 e. The number of piperidine rings is 1. The number of phenols is 1. The molecule has 2 unspecified atom stereocenters. The zero-order valence-corrected chi connectivity index (χ0v) is 10.7. The first-order valence-electron chi connectivity index (χ1n) is 6.42. The summed E-state index contributed by atoms with van der Waals surface area (Å²) in [7, 11) is 0. The van der Waals surface area contributed by atoms with Crippen LogP contribution in [0.5, 0.6) is 5.75 Å². The van der Waals surface area contributed by atoms with Crippen LogP contribution < -0.4 is 5.73 Å². The molecule has 1 aromatic carbocycles. The molecule has 2 atom stereocenters. The van der Waals surface area contributed by atoms with Gasteiger partial charge in [-0.3, -0.25) is 4.79 Å². The molecule has 1 heterocycles. The molecule has 1 aromatic rings. The van der Waals surface area contributed by atoms with E-state index in [9.17, 15) is 9.90 Å². The molecule has 1 fully saturated rings. The summed E-state index contributed by atoms with van der Waals surface area (Å²) in [5.74, 6) is 0.612. The Balaban J connectivity index is 2.13. The van der Waals surface area contributed by atoms with Gasteiger partial charge in [-0.1, -0.05) is 0 Å². The first-order valence-corrected chi connectivity index (χ1v) is 6.42. The van der Waals surface area contributed by atoms with Crippen LogP contribution in [0.25, 0.3) is 0 Å². The van der Waals surface area contributed by atoms with Crippen molar-refractivity contribution in [2.24, 2.45) is 11.7 Å². The highest BCUT2D eigenvalue weighted by atomic mass is 16.3. The lowest BCUT2D eigenvalue weighted by Crippen LogP contribution is -2.47. The molecule has 4 heteroatoms. The van der Waals surface area contributed by atoms with E-state index in [1.807, 2.05) is 4.90 Å². The lowest BCUT2D eigenvalue weighted by Gasteiger charge is -2.37. The van der Waals surface area contributed by atoms with Gasteiger partial charge in [0.1, 0.15) is 5.75 Å². The second-order valence-electron chi connectivity index (χ2n) is 5.03. The maximum absolute atomic E-state index is 12.4. The summed E-state index contributed by atoms with van der Waals surface area (Å²) in [4.78, 5) is 14.3. The number of phenolic OH excluding ortho intramolecular Hbond substituents is 1. The summed E-state index contributed by atoms with van der Waals surface area (Å²) >= 11 is 0. The molecule has 0 aromatic heterocycles. The van der Waals surface area contributed by atoms with Gasteiger partial charge < -0.3 is 15.7 Å². The molecule has 1 aliphatic rings. The van der Waals surface area contributed by atoms with Crippen molar-refractivity contribution in [3.05, 3.63) is 29.8 Å². The summed E-state index contributed by atoms with van der Waals surface area (Å²) in [6, 6.07) is 6.67. The Kier molecular flexibility index (Phi) is 3.87. The molecule has 1 amide bonds. The van der Waals surface area contributed by atoms with Crippen molar-refractivity contribution in [3.8, 4) is 5.75 Å². The number of amides is 1. The molecular weight excluding hydrogens is 228 g/mol. The first kappa shape index (κ1) is 12.9. The van der Waals surface area contributed by atoms with Gasteiger partial charge in [0.2, 0.25) is 0 Å². The van der Waals surface area contributed by atoms with Crippen LogP contribution in [0.3, 0.4) is 0 Å². The number of nitrogens with two attached hydrogens (primary N) is 1. The molecular formula is C14H20N2O2. The smallest absolute Gasteiger partial charge is 0.254 e. The monoisotopic (exact) mass is 248 g/mol. The minimum Gasteiger partial charge on any atom is -0.508 e. The molecule has 1 saturated heterocycles. The Hall–Kier alpha value is -1.55. The van der Waals surface area contributed by atoms with E-state index in [2.05, 4.69) is 6.92 Å². The number of benzene rings is 1. The molecule has 4 nitrogen and oxygen atoms in total. The number of nitrogens with zero attached hydrogens (tertiary/aromatic N) is 1. The van der Waals surface area contributed by atoms with Crippen molar-refractivity contribution in [1.29, 1.82) is 0 Å². The average molecular weight is 248 g/mol. The van der Waals surface area contributed by atoms with Gasteiger partial charge in [0.15, 0.2) is 0 Å². The van der Waals surface area contributed by atoms with Crippen LogP contribution in [0.1, 0.15) is 30.1 Å². The lowest BCUT2D eigenvalue weighted by atomic mass is 9.93. The van der Waals surface area contributed by atoms with E-state index in [1.54, 1.807) is 24.3 Å². The van der Waals surface area contributed by atoms with E-state index in [4.69, 9.17) is 5.73 Å². The van der Waals surface area contributed by atoms with Crippen LogP contribution in [-0.2, 0) is 0 Å². The number of rotatable bonds is 2. The predicted octanol–water partition coefficient (Wildman–Crippen LogP) is 1.59. The van der Waals surface area contributed by atoms with Crippen molar-refractivity contribution < 1.29 is 9.90 Å². The number of carbonyl (C=O) groups excluding carboxylic acids is 1. The number of carbonyl (C=O) groups is 1. The zero-order chi connectivity index (χ0) is 13.1. The molecule has 0 radical (unpaired) electrons. The minimum atomic E-state index is 0.0284. The Morgan fingerprint density at radius 2 is 2.06 bits per heavy atom. The van der Waals surface area contributed by atoms with Gasteiger partial charge in [-0.25, -0.2) is 0 Å². The Bertz CT molecular complexity index is 416. The number of hydrogen-bond acceptors (Lipinski definition) is 3. The minimum absolute atomic E-state index is 0.0284. The molecule has 0 saturated carbocycles. The molecule has 0 bridgehead atoms. The zero-order valence-electron chi connectivity index (χ0n) is 10.7. The molecule has 2 rings (SSSR count). The van der Waals surface area contributed by atoms with Crippen LogP contribution in [0, 0.1) is 5.92 Å². The first-order chi connectivity index (χ1) is 8.61. The van der Waals surface area contributed by atoms with Crippen LogP contribution in [-0.4, -0.2) is 35.0 Å². The van der Waals surface area contributed by atoms with E-state index < -0.39 is 0 Å². The Morgan fingerprint density at radius 1 is 1.39 bits per heavy atom. The van der Waals surface area contributed by atoms with Gasteiger partial charge >= 0.3 is 0 Å². The fourth-order valence-corrected chi connectivity index (χ4v) is 2.43. The summed E-state index contributed by atoms with van der Waals surface area (Å²) < 4.78 is 0. The van der Waals surface area contributed by atoms with Crippen molar-refractivity contribution >= 4 is 5.91 Å². The Labute approximate surface area is 107 Å². The molecule has 3 N–H and O–H groups in total. The fourth-order valence-electron chi connectivity index (χ4n) is 2.43. The standard InChI is InChI=1S/C14H20N2O2/c1-10-2-3-11(8-15)9-16(10)14(18)12-4-6-13(17)7-5-12/h4-7,10-11,17H,2-3,8-9,15H2,1H3. The quantitative estimate of drug-likeness (QED) is 0.835. The molecule has 1 aliphatic heterocycles. The van der Waals surface area contributed by atoms with Gasteiger partial charge in [-0.05, 0) is 56.5 Å². The predicted molar refractivity (Wildman–Crippen MR) is 70.4 cm³/mol.